The molecule has 1 nitrogen and oxygen atoms in total. The van der Waals surface area contributed by atoms with E-state index in [1.807, 2.05) is 19.1 Å². The molecule has 0 spiro atoms. The van der Waals surface area contributed by atoms with Gasteiger partial charge in [0.1, 0.15) is 5.75 Å². The molecule has 0 fully saturated rings. The third-order valence-corrected chi connectivity index (χ3v) is 3.92. The zero-order valence-electron chi connectivity index (χ0n) is 10.4. The monoisotopic (exact) mass is 224 g/mol. The molecule has 86 valence electrons. The average molecular weight is 224 g/mol. The minimum atomic E-state index is -0.0168. The average Bonchev–Trinajstić information content (AvgIpc) is 2.54. The number of aryl methyl sites for hydroxylation is 1. The Morgan fingerprint density at radius 3 is 2.41 bits per heavy atom. The number of hydrogen-bond donors (Lipinski definition) is 1. The minimum Gasteiger partial charge on any atom is -0.507 e. The van der Waals surface area contributed by atoms with Gasteiger partial charge in [-0.25, -0.2) is 0 Å². The molecule has 2 aromatic rings. The van der Waals surface area contributed by atoms with Crippen molar-refractivity contribution in [2.75, 3.05) is 0 Å². The van der Waals surface area contributed by atoms with Crippen molar-refractivity contribution in [3.63, 3.8) is 0 Å². The molecule has 0 heterocycles. The summed E-state index contributed by atoms with van der Waals surface area (Å²) in [5.74, 6) is 0.431. The summed E-state index contributed by atoms with van der Waals surface area (Å²) in [7, 11) is 0. The lowest BCUT2D eigenvalue weighted by Crippen LogP contribution is -2.14. The van der Waals surface area contributed by atoms with Crippen molar-refractivity contribution in [2.24, 2.45) is 0 Å². The van der Waals surface area contributed by atoms with Gasteiger partial charge in [0.15, 0.2) is 0 Å². The van der Waals surface area contributed by atoms with Crippen LogP contribution in [0.1, 0.15) is 30.5 Å². The SMILES string of the molecule is Cc1ccc2c(c1O)-c1ccccc1C2(C)C. The first-order valence-electron chi connectivity index (χ1n) is 5.96. The van der Waals surface area contributed by atoms with E-state index >= 15 is 0 Å². The smallest absolute Gasteiger partial charge is 0.126 e. The second-order valence-electron chi connectivity index (χ2n) is 5.32. The molecule has 0 bridgehead atoms. The van der Waals surface area contributed by atoms with Crippen molar-refractivity contribution in [2.45, 2.75) is 26.2 Å². The normalized spacial score (nSPS) is 15.5. The first-order chi connectivity index (χ1) is 8.03. The van der Waals surface area contributed by atoms with Crippen LogP contribution in [0, 0.1) is 6.92 Å². The molecule has 0 saturated heterocycles. The number of fused-ring (bicyclic) bond motifs is 3. The predicted octanol–water partition coefficient (Wildman–Crippen LogP) is 4.01. The van der Waals surface area contributed by atoms with Gasteiger partial charge in [0.25, 0.3) is 0 Å². The number of phenolic OH excluding ortho intramolecular Hbond substituents is 1. The first kappa shape index (κ1) is 10.4. The maximum Gasteiger partial charge on any atom is 0.126 e. The van der Waals surface area contributed by atoms with Crippen LogP contribution in [0.3, 0.4) is 0 Å². The van der Waals surface area contributed by atoms with Crippen molar-refractivity contribution in [1.29, 1.82) is 0 Å². The molecule has 1 heteroatoms. The lowest BCUT2D eigenvalue weighted by molar-refractivity contribution is 0.472. The number of hydrogen-bond acceptors (Lipinski definition) is 1. The van der Waals surface area contributed by atoms with Crippen LogP contribution in [0.5, 0.6) is 5.75 Å². The van der Waals surface area contributed by atoms with Crippen LogP contribution in [-0.4, -0.2) is 5.11 Å². The molecule has 0 amide bonds. The van der Waals surface area contributed by atoms with E-state index in [9.17, 15) is 5.11 Å². The van der Waals surface area contributed by atoms with Crippen molar-refractivity contribution < 1.29 is 5.11 Å². The van der Waals surface area contributed by atoms with Crippen LogP contribution in [0.4, 0.5) is 0 Å². The van der Waals surface area contributed by atoms with E-state index in [-0.39, 0.29) is 5.41 Å². The van der Waals surface area contributed by atoms with Crippen LogP contribution in [-0.2, 0) is 5.41 Å². The molecule has 2 aromatic carbocycles. The lowest BCUT2D eigenvalue weighted by atomic mass is 9.82. The Morgan fingerprint density at radius 1 is 0.941 bits per heavy atom. The molecule has 0 aromatic heterocycles. The van der Waals surface area contributed by atoms with Gasteiger partial charge in [-0.2, -0.15) is 0 Å². The zero-order chi connectivity index (χ0) is 12.2. The highest BCUT2D eigenvalue weighted by Crippen LogP contribution is 2.52. The fourth-order valence-corrected chi connectivity index (χ4v) is 2.88. The fraction of sp³-hybridized carbons (Fsp3) is 0.250. The molecular formula is C16H16O. The molecule has 0 aliphatic heterocycles. The van der Waals surface area contributed by atoms with Gasteiger partial charge in [-0.05, 0) is 29.2 Å². The topological polar surface area (TPSA) is 20.2 Å². The Labute approximate surface area is 102 Å². The van der Waals surface area contributed by atoms with Gasteiger partial charge in [0.2, 0.25) is 0 Å². The Balaban J connectivity index is 2.46. The predicted molar refractivity (Wildman–Crippen MR) is 70.4 cm³/mol. The Bertz CT molecular complexity index is 609. The highest BCUT2D eigenvalue weighted by Gasteiger charge is 2.36. The standard InChI is InChI=1S/C16H16O/c1-10-8-9-13-14(15(10)17)11-6-4-5-7-12(11)16(13,2)3/h4-9,17H,1-3H3. The Hall–Kier alpha value is -1.76. The van der Waals surface area contributed by atoms with Gasteiger partial charge in [-0.1, -0.05) is 50.2 Å². The molecule has 1 aliphatic carbocycles. The van der Waals surface area contributed by atoms with Crippen LogP contribution in [0.15, 0.2) is 36.4 Å². The maximum absolute atomic E-state index is 10.3. The van der Waals surface area contributed by atoms with Crippen LogP contribution in [0.25, 0.3) is 11.1 Å². The molecule has 0 radical (unpaired) electrons. The van der Waals surface area contributed by atoms with E-state index in [4.69, 9.17) is 0 Å². The lowest BCUT2D eigenvalue weighted by Gasteiger charge is -2.21. The van der Waals surface area contributed by atoms with Gasteiger partial charge in [0.05, 0.1) is 0 Å². The summed E-state index contributed by atoms with van der Waals surface area (Å²) in [5.41, 5.74) is 5.64. The van der Waals surface area contributed by atoms with Crippen molar-refractivity contribution in [3.05, 3.63) is 53.1 Å². The fourth-order valence-electron chi connectivity index (χ4n) is 2.88. The molecule has 0 saturated carbocycles. The van der Waals surface area contributed by atoms with E-state index in [0.717, 1.165) is 11.1 Å². The molecule has 3 rings (SSSR count). The molecule has 1 aliphatic rings. The molecule has 0 atom stereocenters. The first-order valence-corrected chi connectivity index (χ1v) is 5.96. The van der Waals surface area contributed by atoms with E-state index in [2.05, 4.69) is 38.1 Å². The van der Waals surface area contributed by atoms with Crippen molar-refractivity contribution in [1.82, 2.24) is 0 Å². The number of phenols is 1. The zero-order valence-corrected chi connectivity index (χ0v) is 10.4. The Kier molecular flexibility index (Phi) is 1.91. The van der Waals surface area contributed by atoms with Gasteiger partial charge < -0.3 is 5.11 Å². The van der Waals surface area contributed by atoms with Crippen molar-refractivity contribution in [3.8, 4) is 16.9 Å². The summed E-state index contributed by atoms with van der Waals surface area (Å²) in [5, 5.41) is 10.3. The summed E-state index contributed by atoms with van der Waals surface area (Å²) in [4.78, 5) is 0. The van der Waals surface area contributed by atoms with E-state index in [1.54, 1.807) is 0 Å². The minimum absolute atomic E-state index is 0.0168. The largest absolute Gasteiger partial charge is 0.507 e. The molecule has 1 N–H and O–H groups in total. The molecular weight excluding hydrogens is 208 g/mol. The number of benzene rings is 2. The van der Waals surface area contributed by atoms with E-state index in [1.165, 1.54) is 16.7 Å². The second-order valence-corrected chi connectivity index (χ2v) is 5.32. The molecule has 0 unspecified atom stereocenters. The highest BCUT2D eigenvalue weighted by atomic mass is 16.3. The van der Waals surface area contributed by atoms with Gasteiger partial charge >= 0.3 is 0 Å². The summed E-state index contributed by atoms with van der Waals surface area (Å²) in [6.07, 6.45) is 0. The number of rotatable bonds is 0. The van der Waals surface area contributed by atoms with Crippen molar-refractivity contribution >= 4 is 0 Å². The maximum atomic E-state index is 10.3. The van der Waals surface area contributed by atoms with Gasteiger partial charge in [0, 0.05) is 11.0 Å². The Morgan fingerprint density at radius 2 is 1.65 bits per heavy atom. The van der Waals surface area contributed by atoms with Crippen LogP contribution < -0.4 is 0 Å². The van der Waals surface area contributed by atoms with Gasteiger partial charge in [-0.3, -0.25) is 0 Å². The summed E-state index contributed by atoms with van der Waals surface area (Å²) >= 11 is 0. The third-order valence-electron chi connectivity index (χ3n) is 3.92. The summed E-state index contributed by atoms with van der Waals surface area (Å²) < 4.78 is 0. The van der Waals surface area contributed by atoms with Crippen LogP contribution >= 0.6 is 0 Å². The molecule has 17 heavy (non-hydrogen) atoms. The third kappa shape index (κ3) is 1.20. The highest BCUT2D eigenvalue weighted by molar-refractivity contribution is 5.85. The van der Waals surface area contributed by atoms with E-state index in [0.29, 0.717) is 5.75 Å². The van der Waals surface area contributed by atoms with E-state index < -0.39 is 0 Å². The van der Waals surface area contributed by atoms with Gasteiger partial charge in [-0.15, -0.1) is 0 Å². The van der Waals surface area contributed by atoms with Crippen LogP contribution in [0.2, 0.25) is 0 Å². The number of aromatic hydroxyl groups is 1. The quantitative estimate of drug-likeness (QED) is 0.717. The summed E-state index contributed by atoms with van der Waals surface area (Å²) in [6, 6.07) is 12.5. The second kappa shape index (κ2) is 3.13. The summed E-state index contributed by atoms with van der Waals surface area (Å²) in [6.45, 7) is 6.38.